The van der Waals surface area contributed by atoms with E-state index >= 15 is 0 Å². The molecule has 3 aromatic carbocycles. The summed E-state index contributed by atoms with van der Waals surface area (Å²) in [6, 6.07) is 17.7. The Morgan fingerprint density at radius 1 is 0.805 bits per heavy atom. The highest BCUT2D eigenvalue weighted by Gasteiger charge is 2.19. The van der Waals surface area contributed by atoms with Crippen molar-refractivity contribution in [3.8, 4) is 23.0 Å². The first kappa shape index (κ1) is 30.8. The summed E-state index contributed by atoms with van der Waals surface area (Å²) >= 11 is 0. The highest BCUT2D eigenvalue weighted by Crippen LogP contribution is 2.31. The monoisotopic (exact) mass is 556 g/mol. The molecule has 0 amide bonds. The summed E-state index contributed by atoms with van der Waals surface area (Å²) < 4.78 is 16.1. The number of ether oxygens (including phenoxy) is 3. The molecule has 0 aromatic heterocycles. The predicted octanol–water partition coefficient (Wildman–Crippen LogP) is 7.05. The molecular formula is C34H36O7. The van der Waals surface area contributed by atoms with Crippen LogP contribution in [0.1, 0.15) is 48.9 Å². The SMILES string of the molecule is COc1cc(/C=C/C(=O)C=C(O)/C=C/c2ccc(OC(=O)[C@H](C)c3ccc(CC(C)C)cc3)c(OC)c2)ccc1O. The van der Waals surface area contributed by atoms with Crippen LogP contribution in [0.3, 0.4) is 0 Å². The standard InChI is InChI=1S/C34H36O7/c1-22(2)18-24-6-12-27(13-7-24)23(3)34(38)41-31-17-11-26(20-33(31)40-5)9-15-29(36)21-28(35)14-8-25-10-16-30(37)32(19-25)39-4/h6-17,19-23,36-37H,18H2,1-5H3/b14-8+,15-9+,29-21?/t23-/m1/s1. The van der Waals surface area contributed by atoms with Crippen LogP contribution in [-0.4, -0.2) is 36.2 Å². The molecule has 0 spiro atoms. The van der Waals surface area contributed by atoms with Crippen molar-refractivity contribution in [2.75, 3.05) is 14.2 Å². The van der Waals surface area contributed by atoms with Crippen molar-refractivity contribution in [2.24, 2.45) is 5.92 Å². The minimum absolute atomic E-state index is 0.00113. The summed E-state index contributed by atoms with van der Waals surface area (Å²) in [5.74, 6) is -0.0550. The number of allylic oxidation sites excluding steroid dienone is 3. The lowest BCUT2D eigenvalue weighted by Gasteiger charge is -2.15. The molecular weight excluding hydrogens is 520 g/mol. The zero-order valence-electron chi connectivity index (χ0n) is 24.0. The topological polar surface area (TPSA) is 102 Å². The normalized spacial score (nSPS) is 12.6. The smallest absolute Gasteiger partial charge is 0.318 e. The molecule has 0 saturated carbocycles. The van der Waals surface area contributed by atoms with E-state index in [0.29, 0.717) is 28.5 Å². The van der Waals surface area contributed by atoms with Gasteiger partial charge in [0.1, 0.15) is 5.76 Å². The number of benzene rings is 3. The van der Waals surface area contributed by atoms with E-state index in [1.165, 1.54) is 38.0 Å². The summed E-state index contributed by atoms with van der Waals surface area (Å²) in [7, 11) is 2.91. The molecule has 1 atom stereocenters. The molecule has 0 bridgehead atoms. The Labute approximate surface area is 241 Å². The van der Waals surface area contributed by atoms with Gasteiger partial charge in [0.15, 0.2) is 28.8 Å². The molecule has 3 aromatic rings. The van der Waals surface area contributed by atoms with E-state index in [0.717, 1.165) is 18.1 Å². The number of methoxy groups -OCH3 is 2. The lowest BCUT2D eigenvalue weighted by Crippen LogP contribution is -2.16. The number of phenolic OH excluding ortho intramolecular Hbond substituents is 1. The Hall–Kier alpha value is -4.78. The molecule has 214 valence electrons. The van der Waals surface area contributed by atoms with Gasteiger partial charge < -0.3 is 24.4 Å². The number of carbonyl (C=O) groups is 2. The van der Waals surface area contributed by atoms with E-state index in [9.17, 15) is 19.8 Å². The zero-order valence-corrected chi connectivity index (χ0v) is 24.0. The number of carbonyl (C=O) groups excluding carboxylic acids is 2. The summed E-state index contributed by atoms with van der Waals surface area (Å²) in [6.45, 7) is 6.14. The van der Waals surface area contributed by atoms with Gasteiger partial charge in [0, 0.05) is 6.08 Å². The number of aliphatic hydroxyl groups is 1. The number of aliphatic hydroxyl groups excluding tert-OH is 1. The largest absolute Gasteiger partial charge is 0.508 e. The Balaban J connectivity index is 1.63. The van der Waals surface area contributed by atoms with Gasteiger partial charge in [0.2, 0.25) is 0 Å². The van der Waals surface area contributed by atoms with Crippen molar-refractivity contribution < 1.29 is 34.0 Å². The fraction of sp³-hybridized carbons (Fsp3) is 0.235. The van der Waals surface area contributed by atoms with E-state index in [1.807, 2.05) is 24.3 Å². The highest BCUT2D eigenvalue weighted by atomic mass is 16.6. The van der Waals surface area contributed by atoms with E-state index < -0.39 is 17.7 Å². The summed E-state index contributed by atoms with van der Waals surface area (Å²) in [4.78, 5) is 25.1. The first-order valence-electron chi connectivity index (χ1n) is 13.3. The fourth-order valence-corrected chi connectivity index (χ4v) is 4.02. The van der Waals surface area contributed by atoms with Crippen molar-refractivity contribution >= 4 is 23.9 Å². The van der Waals surface area contributed by atoms with Gasteiger partial charge in [-0.15, -0.1) is 0 Å². The molecule has 0 radical (unpaired) electrons. The number of ketones is 1. The van der Waals surface area contributed by atoms with Crippen LogP contribution in [0.25, 0.3) is 12.2 Å². The summed E-state index contributed by atoms with van der Waals surface area (Å²) in [6.07, 6.45) is 7.88. The molecule has 0 unspecified atom stereocenters. The lowest BCUT2D eigenvalue weighted by atomic mass is 9.97. The maximum Gasteiger partial charge on any atom is 0.318 e. The minimum Gasteiger partial charge on any atom is -0.508 e. The van der Waals surface area contributed by atoms with Crippen molar-refractivity contribution in [2.45, 2.75) is 33.1 Å². The average molecular weight is 557 g/mol. The number of hydrogen-bond acceptors (Lipinski definition) is 7. The van der Waals surface area contributed by atoms with Gasteiger partial charge in [-0.1, -0.05) is 62.4 Å². The Bertz CT molecular complexity index is 1450. The molecule has 41 heavy (non-hydrogen) atoms. The van der Waals surface area contributed by atoms with Gasteiger partial charge in [-0.3, -0.25) is 9.59 Å². The third-order valence-electron chi connectivity index (χ3n) is 6.26. The van der Waals surface area contributed by atoms with E-state index in [-0.39, 0.29) is 17.3 Å². The Kier molecular flexibility index (Phi) is 10.9. The first-order valence-corrected chi connectivity index (χ1v) is 13.3. The van der Waals surface area contributed by atoms with Gasteiger partial charge in [0.05, 0.1) is 20.1 Å². The molecule has 0 aliphatic heterocycles. The minimum atomic E-state index is -0.461. The molecule has 2 N–H and O–H groups in total. The van der Waals surface area contributed by atoms with Crippen LogP contribution in [0.4, 0.5) is 0 Å². The van der Waals surface area contributed by atoms with E-state index in [2.05, 4.69) is 13.8 Å². The van der Waals surface area contributed by atoms with Gasteiger partial charge in [-0.2, -0.15) is 0 Å². The molecule has 0 aliphatic rings. The van der Waals surface area contributed by atoms with Gasteiger partial charge >= 0.3 is 5.97 Å². The van der Waals surface area contributed by atoms with Crippen molar-refractivity contribution in [3.05, 3.63) is 107 Å². The number of aromatic hydroxyl groups is 1. The van der Waals surface area contributed by atoms with E-state index in [1.54, 1.807) is 49.4 Å². The quantitative estimate of drug-likeness (QED) is 0.0810. The number of rotatable bonds is 12. The maximum atomic E-state index is 12.9. The number of phenols is 1. The van der Waals surface area contributed by atoms with Gasteiger partial charge in [-0.05, 0) is 77.9 Å². The number of esters is 1. The molecule has 0 heterocycles. The predicted molar refractivity (Wildman–Crippen MR) is 160 cm³/mol. The molecule has 0 fully saturated rings. The molecule has 0 aliphatic carbocycles. The zero-order chi connectivity index (χ0) is 29.9. The third kappa shape index (κ3) is 9.14. The molecule has 7 nitrogen and oxygen atoms in total. The third-order valence-corrected chi connectivity index (χ3v) is 6.26. The van der Waals surface area contributed by atoms with Crippen molar-refractivity contribution in [1.82, 2.24) is 0 Å². The lowest BCUT2D eigenvalue weighted by molar-refractivity contribution is -0.135. The second kappa shape index (κ2) is 14.6. The fourth-order valence-electron chi connectivity index (χ4n) is 4.02. The maximum absolute atomic E-state index is 12.9. The summed E-state index contributed by atoms with van der Waals surface area (Å²) in [5, 5.41) is 19.9. The van der Waals surface area contributed by atoms with Crippen LogP contribution < -0.4 is 14.2 Å². The number of hydrogen-bond donors (Lipinski definition) is 2. The second-order valence-corrected chi connectivity index (χ2v) is 9.96. The molecule has 7 heteroatoms. The Morgan fingerprint density at radius 3 is 2.05 bits per heavy atom. The van der Waals surface area contributed by atoms with Crippen LogP contribution >= 0.6 is 0 Å². The summed E-state index contributed by atoms with van der Waals surface area (Å²) in [5.41, 5.74) is 3.41. The van der Waals surface area contributed by atoms with Crippen LogP contribution in [0.2, 0.25) is 0 Å². The molecule has 3 rings (SSSR count). The Morgan fingerprint density at radius 2 is 1.41 bits per heavy atom. The van der Waals surface area contributed by atoms with Crippen molar-refractivity contribution in [3.63, 3.8) is 0 Å². The second-order valence-electron chi connectivity index (χ2n) is 9.96. The van der Waals surface area contributed by atoms with Crippen LogP contribution in [0.5, 0.6) is 23.0 Å². The molecule has 0 saturated heterocycles. The van der Waals surface area contributed by atoms with E-state index in [4.69, 9.17) is 14.2 Å². The average Bonchev–Trinajstić information content (AvgIpc) is 2.95. The van der Waals surface area contributed by atoms with Crippen LogP contribution in [0, 0.1) is 5.92 Å². The van der Waals surface area contributed by atoms with Crippen LogP contribution in [-0.2, 0) is 16.0 Å². The van der Waals surface area contributed by atoms with Gasteiger partial charge in [0.25, 0.3) is 0 Å². The first-order chi connectivity index (χ1) is 19.6. The van der Waals surface area contributed by atoms with Crippen LogP contribution in [0.15, 0.2) is 84.7 Å². The van der Waals surface area contributed by atoms with Gasteiger partial charge in [-0.25, -0.2) is 0 Å². The van der Waals surface area contributed by atoms with Crippen molar-refractivity contribution in [1.29, 1.82) is 0 Å². The highest BCUT2D eigenvalue weighted by molar-refractivity contribution is 6.02.